The number of carbonyl (C=O) groups excluding carboxylic acids is 4. The number of halogens is 2. The summed E-state index contributed by atoms with van der Waals surface area (Å²) >= 11 is 10.6. The molecule has 0 aliphatic carbocycles. The van der Waals surface area contributed by atoms with E-state index in [0.29, 0.717) is 0 Å². The standard InChI is InChI=1S/C16H8Cl2O4/c17-15(21)11-5-1-9(2-6-11)13(19)14(20)10-3-7-12(8-4-10)16(18)22/h1-8H. The fourth-order valence-corrected chi connectivity index (χ4v) is 2.02. The quantitative estimate of drug-likeness (QED) is 0.476. The molecule has 0 spiro atoms. The van der Waals surface area contributed by atoms with Gasteiger partial charge in [-0.05, 0) is 47.5 Å². The van der Waals surface area contributed by atoms with Crippen molar-refractivity contribution >= 4 is 45.3 Å². The second-order valence-corrected chi connectivity index (χ2v) is 5.05. The van der Waals surface area contributed by atoms with Crippen molar-refractivity contribution in [1.82, 2.24) is 0 Å². The van der Waals surface area contributed by atoms with Gasteiger partial charge in [0.15, 0.2) is 0 Å². The van der Waals surface area contributed by atoms with Crippen LogP contribution in [0.2, 0.25) is 0 Å². The zero-order chi connectivity index (χ0) is 16.3. The van der Waals surface area contributed by atoms with Crippen molar-refractivity contribution in [3.8, 4) is 0 Å². The second kappa shape index (κ2) is 6.64. The molecular formula is C16H8Cl2O4. The van der Waals surface area contributed by atoms with E-state index in [4.69, 9.17) is 23.2 Å². The molecule has 4 nitrogen and oxygen atoms in total. The summed E-state index contributed by atoms with van der Waals surface area (Å²) in [6, 6.07) is 10.9. The highest BCUT2D eigenvalue weighted by molar-refractivity contribution is 6.68. The molecule has 0 fully saturated rings. The van der Waals surface area contributed by atoms with Gasteiger partial charge >= 0.3 is 0 Å². The number of carbonyl (C=O) groups is 4. The van der Waals surface area contributed by atoms with Crippen LogP contribution in [-0.4, -0.2) is 22.1 Å². The summed E-state index contributed by atoms with van der Waals surface area (Å²) < 4.78 is 0. The van der Waals surface area contributed by atoms with Crippen molar-refractivity contribution in [3.63, 3.8) is 0 Å². The molecule has 2 aromatic rings. The molecule has 2 rings (SSSR count). The molecule has 0 atom stereocenters. The predicted molar refractivity (Wildman–Crippen MR) is 81.9 cm³/mol. The van der Waals surface area contributed by atoms with Crippen LogP contribution in [0.5, 0.6) is 0 Å². The van der Waals surface area contributed by atoms with E-state index in [2.05, 4.69) is 0 Å². The van der Waals surface area contributed by atoms with Gasteiger partial charge in [-0.15, -0.1) is 0 Å². The zero-order valence-corrected chi connectivity index (χ0v) is 12.5. The Hall–Kier alpha value is -2.30. The molecule has 110 valence electrons. The minimum atomic E-state index is -0.724. The van der Waals surface area contributed by atoms with Crippen molar-refractivity contribution in [2.45, 2.75) is 0 Å². The van der Waals surface area contributed by atoms with Crippen LogP contribution in [0.3, 0.4) is 0 Å². The molecule has 0 aliphatic heterocycles. The minimum absolute atomic E-state index is 0.143. The summed E-state index contributed by atoms with van der Waals surface area (Å²) in [6.07, 6.45) is 0. The lowest BCUT2D eigenvalue weighted by Crippen LogP contribution is -2.14. The van der Waals surface area contributed by atoms with Crippen LogP contribution >= 0.6 is 23.2 Å². The normalized spacial score (nSPS) is 10.1. The lowest BCUT2D eigenvalue weighted by atomic mass is 10.00. The van der Waals surface area contributed by atoms with Crippen molar-refractivity contribution in [3.05, 3.63) is 70.8 Å². The van der Waals surface area contributed by atoms with Crippen LogP contribution in [0.1, 0.15) is 41.4 Å². The van der Waals surface area contributed by atoms with E-state index < -0.39 is 22.1 Å². The maximum absolute atomic E-state index is 12.1. The van der Waals surface area contributed by atoms with E-state index in [0.717, 1.165) is 0 Å². The van der Waals surface area contributed by atoms with E-state index in [1.165, 1.54) is 48.5 Å². The molecule has 0 saturated heterocycles. The van der Waals surface area contributed by atoms with Gasteiger partial charge in [-0.2, -0.15) is 0 Å². The van der Waals surface area contributed by atoms with Crippen molar-refractivity contribution in [1.29, 1.82) is 0 Å². The Kier molecular flexibility index (Phi) is 4.85. The highest BCUT2D eigenvalue weighted by atomic mass is 35.5. The van der Waals surface area contributed by atoms with E-state index in [9.17, 15) is 19.2 Å². The maximum Gasteiger partial charge on any atom is 0.252 e. The summed E-state index contributed by atoms with van der Waals surface area (Å²) in [5, 5.41) is -1.29. The fourth-order valence-electron chi connectivity index (χ4n) is 1.77. The van der Waals surface area contributed by atoms with Gasteiger partial charge < -0.3 is 0 Å². The van der Waals surface area contributed by atoms with E-state index in [1.807, 2.05) is 0 Å². The van der Waals surface area contributed by atoms with Crippen LogP contribution < -0.4 is 0 Å². The maximum atomic E-state index is 12.1. The van der Waals surface area contributed by atoms with Crippen molar-refractivity contribution in [2.75, 3.05) is 0 Å². The Morgan fingerprint density at radius 1 is 0.500 bits per heavy atom. The Balaban J connectivity index is 2.23. The lowest BCUT2D eigenvalue weighted by Gasteiger charge is -2.02. The van der Waals surface area contributed by atoms with Gasteiger partial charge in [-0.3, -0.25) is 19.2 Å². The molecule has 0 unspecified atom stereocenters. The summed E-state index contributed by atoms with van der Waals surface area (Å²) in [7, 11) is 0. The molecule has 0 radical (unpaired) electrons. The van der Waals surface area contributed by atoms with Crippen LogP contribution in [0, 0.1) is 0 Å². The highest BCUT2D eigenvalue weighted by Gasteiger charge is 2.18. The monoisotopic (exact) mass is 334 g/mol. The van der Waals surface area contributed by atoms with Crippen LogP contribution in [-0.2, 0) is 0 Å². The Bertz CT molecular complexity index is 694. The van der Waals surface area contributed by atoms with Crippen LogP contribution in [0.25, 0.3) is 0 Å². The first-order chi connectivity index (χ1) is 10.4. The number of hydrogen-bond acceptors (Lipinski definition) is 4. The zero-order valence-electron chi connectivity index (χ0n) is 11.0. The van der Waals surface area contributed by atoms with Gasteiger partial charge in [0.25, 0.3) is 10.5 Å². The third kappa shape index (κ3) is 3.47. The third-order valence-corrected chi connectivity index (χ3v) is 3.39. The molecule has 0 bridgehead atoms. The van der Waals surface area contributed by atoms with Gasteiger partial charge in [0, 0.05) is 22.3 Å². The Labute approximate surface area is 135 Å². The summed E-state index contributed by atoms with van der Waals surface area (Å²) in [5.74, 6) is -1.45. The summed E-state index contributed by atoms with van der Waals surface area (Å²) in [6.45, 7) is 0. The molecule has 6 heteroatoms. The SMILES string of the molecule is O=C(Cl)c1ccc(C(=O)C(=O)c2ccc(C(=O)Cl)cc2)cc1. The predicted octanol–water partition coefficient (Wildman–Crippen LogP) is 3.51. The minimum Gasteiger partial charge on any atom is -0.285 e. The van der Waals surface area contributed by atoms with E-state index in [-0.39, 0.29) is 22.3 Å². The van der Waals surface area contributed by atoms with E-state index >= 15 is 0 Å². The summed E-state index contributed by atoms with van der Waals surface area (Å²) in [4.78, 5) is 46.1. The molecule has 0 N–H and O–H groups in total. The highest BCUT2D eigenvalue weighted by Crippen LogP contribution is 2.13. The number of Topliss-reactive ketones (excluding diaryl/α,β-unsaturated/α-hetero) is 2. The molecule has 22 heavy (non-hydrogen) atoms. The molecule has 2 aromatic carbocycles. The molecule has 0 heterocycles. The van der Waals surface area contributed by atoms with Crippen LogP contribution in [0.4, 0.5) is 0 Å². The first-order valence-corrected chi connectivity index (χ1v) is 6.84. The molecule has 0 aliphatic rings. The number of benzene rings is 2. The third-order valence-electron chi connectivity index (χ3n) is 2.95. The number of ketones is 2. The smallest absolute Gasteiger partial charge is 0.252 e. The first kappa shape index (κ1) is 16.1. The van der Waals surface area contributed by atoms with Crippen molar-refractivity contribution in [2.24, 2.45) is 0 Å². The van der Waals surface area contributed by atoms with Gasteiger partial charge in [-0.1, -0.05) is 24.3 Å². The molecule has 0 aromatic heterocycles. The fraction of sp³-hybridized carbons (Fsp3) is 0. The van der Waals surface area contributed by atoms with E-state index in [1.54, 1.807) is 0 Å². The Morgan fingerprint density at radius 2 is 0.727 bits per heavy atom. The average Bonchev–Trinajstić information content (AvgIpc) is 2.53. The second-order valence-electron chi connectivity index (χ2n) is 4.36. The van der Waals surface area contributed by atoms with Gasteiger partial charge in [-0.25, -0.2) is 0 Å². The largest absolute Gasteiger partial charge is 0.285 e. The number of hydrogen-bond donors (Lipinski definition) is 0. The van der Waals surface area contributed by atoms with Gasteiger partial charge in [0.2, 0.25) is 11.6 Å². The molecule has 0 saturated carbocycles. The summed E-state index contributed by atoms with van der Waals surface area (Å²) in [5.41, 5.74) is 0.750. The molecular weight excluding hydrogens is 327 g/mol. The van der Waals surface area contributed by atoms with Gasteiger partial charge in [0.1, 0.15) is 0 Å². The average molecular weight is 335 g/mol. The van der Waals surface area contributed by atoms with Gasteiger partial charge in [0.05, 0.1) is 0 Å². The number of rotatable bonds is 5. The lowest BCUT2D eigenvalue weighted by molar-refractivity contribution is 0.0817. The Morgan fingerprint density at radius 3 is 0.955 bits per heavy atom. The van der Waals surface area contributed by atoms with Crippen LogP contribution in [0.15, 0.2) is 48.5 Å². The van der Waals surface area contributed by atoms with Crippen molar-refractivity contribution < 1.29 is 19.2 Å². The topological polar surface area (TPSA) is 68.3 Å². The first-order valence-electron chi connectivity index (χ1n) is 6.09. The molecule has 0 amide bonds.